The summed E-state index contributed by atoms with van der Waals surface area (Å²) in [4.78, 5) is 4.66. The van der Waals surface area contributed by atoms with Crippen LogP contribution < -0.4 is 10.5 Å². The number of aryl methyl sites for hydroxylation is 1. The summed E-state index contributed by atoms with van der Waals surface area (Å²) < 4.78 is 5.52. The van der Waals surface area contributed by atoms with Crippen molar-refractivity contribution in [2.75, 3.05) is 13.7 Å². The number of rotatable bonds is 4. The molecule has 0 bridgehead atoms. The van der Waals surface area contributed by atoms with Crippen LogP contribution in [0.1, 0.15) is 48.9 Å². The lowest BCUT2D eigenvalue weighted by molar-refractivity contribution is 0.314. The first-order valence-electron chi connectivity index (χ1n) is 7.86. The maximum Gasteiger partial charge on any atom is 0.128 e. The van der Waals surface area contributed by atoms with Crippen LogP contribution in [-0.2, 0) is 6.42 Å². The second-order valence-electron chi connectivity index (χ2n) is 6.14. The molecular weight excluding hydrogens is 248 g/mol. The molecule has 1 aromatic rings. The van der Waals surface area contributed by atoms with E-state index in [-0.39, 0.29) is 0 Å². The van der Waals surface area contributed by atoms with Gasteiger partial charge in [0, 0.05) is 23.0 Å². The van der Waals surface area contributed by atoms with Crippen molar-refractivity contribution in [3.8, 4) is 5.75 Å². The van der Waals surface area contributed by atoms with Crippen LogP contribution in [0.4, 0.5) is 0 Å². The molecule has 20 heavy (non-hydrogen) atoms. The molecule has 112 valence electrons. The Balaban J connectivity index is 2.19. The van der Waals surface area contributed by atoms with Gasteiger partial charge in [-0.05, 0) is 51.5 Å². The predicted molar refractivity (Wildman–Crippen MR) is 83.1 cm³/mol. The Labute approximate surface area is 122 Å². The van der Waals surface area contributed by atoms with Gasteiger partial charge in [-0.3, -0.25) is 4.98 Å². The highest BCUT2D eigenvalue weighted by Gasteiger charge is 2.24. The van der Waals surface area contributed by atoms with Crippen molar-refractivity contribution < 1.29 is 4.74 Å². The summed E-state index contributed by atoms with van der Waals surface area (Å²) in [6.07, 6.45) is 9.59. The van der Waals surface area contributed by atoms with E-state index in [4.69, 9.17) is 10.5 Å². The van der Waals surface area contributed by atoms with E-state index in [2.05, 4.69) is 18.8 Å². The van der Waals surface area contributed by atoms with Crippen LogP contribution in [0, 0.1) is 25.7 Å². The predicted octanol–water partition coefficient (Wildman–Crippen LogP) is 3.40. The molecule has 0 radical (unpaired) electrons. The highest BCUT2D eigenvalue weighted by molar-refractivity contribution is 5.41. The highest BCUT2D eigenvalue weighted by atomic mass is 16.5. The molecule has 1 aliphatic carbocycles. The SMILES string of the molecule is COc1c(C)cnc(CC2CCCCCC2CN)c1C. The van der Waals surface area contributed by atoms with Gasteiger partial charge in [0.25, 0.3) is 0 Å². The van der Waals surface area contributed by atoms with Crippen molar-refractivity contribution in [2.45, 2.75) is 52.4 Å². The van der Waals surface area contributed by atoms with Gasteiger partial charge in [-0.15, -0.1) is 0 Å². The third kappa shape index (κ3) is 3.32. The molecule has 0 aliphatic heterocycles. The van der Waals surface area contributed by atoms with E-state index in [1.807, 2.05) is 6.20 Å². The van der Waals surface area contributed by atoms with Crippen molar-refractivity contribution in [3.05, 3.63) is 23.0 Å². The monoisotopic (exact) mass is 276 g/mol. The summed E-state index contributed by atoms with van der Waals surface area (Å²) in [6, 6.07) is 0. The quantitative estimate of drug-likeness (QED) is 0.857. The average Bonchev–Trinajstić information content (AvgIpc) is 2.67. The standard InChI is InChI=1S/C17H28N2O/c1-12-11-19-16(13(2)17(12)20-3)9-14-7-5-4-6-8-15(14)10-18/h11,14-15H,4-10,18H2,1-3H3. The average molecular weight is 276 g/mol. The first-order chi connectivity index (χ1) is 9.67. The van der Waals surface area contributed by atoms with Crippen molar-refractivity contribution >= 4 is 0 Å². The summed E-state index contributed by atoms with van der Waals surface area (Å²) in [5.41, 5.74) is 9.50. The fourth-order valence-electron chi connectivity index (χ4n) is 3.57. The third-order valence-electron chi connectivity index (χ3n) is 4.82. The molecular formula is C17H28N2O. The van der Waals surface area contributed by atoms with Crippen molar-refractivity contribution in [2.24, 2.45) is 17.6 Å². The third-order valence-corrected chi connectivity index (χ3v) is 4.82. The largest absolute Gasteiger partial charge is 0.496 e. The number of hydrogen-bond acceptors (Lipinski definition) is 3. The van der Waals surface area contributed by atoms with Crippen LogP contribution in [-0.4, -0.2) is 18.6 Å². The molecule has 2 atom stereocenters. The van der Waals surface area contributed by atoms with Crippen molar-refractivity contribution in [1.82, 2.24) is 4.98 Å². The molecule has 3 heteroatoms. The first kappa shape index (κ1) is 15.3. The van der Waals surface area contributed by atoms with Gasteiger partial charge >= 0.3 is 0 Å². The zero-order chi connectivity index (χ0) is 14.5. The van der Waals surface area contributed by atoms with Crippen LogP contribution in [0.2, 0.25) is 0 Å². The molecule has 0 aromatic carbocycles. The molecule has 3 nitrogen and oxygen atoms in total. The van der Waals surface area contributed by atoms with Crippen molar-refractivity contribution in [3.63, 3.8) is 0 Å². The molecule has 2 rings (SSSR count). The Morgan fingerprint density at radius 1 is 1.20 bits per heavy atom. The smallest absolute Gasteiger partial charge is 0.128 e. The number of nitrogens with two attached hydrogens (primary N) is 1. The second kappa shape index (κ2) is 7.07. The summed E-state index contributed by atoms with van der Waals surface area (Å²) in [7, 11) is 1.74. The van der Waals surface area contributed by atoms with Crippen LogP contribution in [0.3, 0.4) is 0 Å². The number of pyridine rings is 1. The van der Waals surface area contributed by atoms with Crippen LogP contribution >= 0.6 is 0 Å². The summed E-state index contributed by atoms with van der Waals surface area (Å²) in [6.45, 7) is 4.99. The topological polar surface area (TPSA) is 48.1 Å². The Kier molecular flexibility index (Phi) is 5.41. The van der Waals surface area contributed by atoms with Gasteiger partial charge in [0.15, 0.2) is 0 Å². The summed E-state index contributed by atoms with van der Waals surface area (Å²) in [5, 5.41) is 0. The number of ether oxygens (including phenoxy) is 1. The normalized spacial score (nSPS) is 23.4. The highest BCUT2D eigenvalue weighted by Crippen LogP contribution is 2.33. The molecule has 2 unspecified atom stereocenters. The molecule has 0 saturated heterocycles. The molecule has 1 saturated carbocycles. The lowest BCUT2D eigenvalue weighted by atomic mass is 9.83. The minimum atomic E-state index is 0.658. The van der Waals surface area contributed by atoms with Crippen molar-refractivity contribution in [1.29, 1.82) is 0 Å². The van der Waals surface area contributed by atoms with E-state index < -0.39 is 0 Å². The molecule has 1 aromatic heterocycles. The lowest BCUT2D eigenvalue weighted by Crippen LogP contribution is -2.24. The fraction of sp³-hybridized carbons (Fsp3) is 0.706. The zero-order valence-electron chi connectivity index (χ0n) is 13.1. The maximum atomic E-state index is 5.99. The van der Waals surface area contributed by atoms with E-state index in [1.54, 1.807) is 7.11 Å². The molecule has 0 amide bonds. The van der Waals surface area contributed by atoms with Gasteiger partial charge in [0.1, 0.15) is 5.75 Å². The Bertz CT molecular complexity index is 445. The first-order valence-corrected chi connectivity index (χ1v) is 7.86. The molecule has 1 fully saturated rings. The van der Waals surface area contributed by atoms with Gasteiger partial charge < -0.3 is 10.5 Å². The Morgan fingerprint density at radius 2 is 1.90 bits per heavy atom. The minimum Gasteiger partial charge on any atom is -0.496 e. The lowest BCUT2D eigenvalue weighted by Gasteiger charge is -2.24. The van der Waals surface area contributed by atoms with Gasteiger partial charge in [-0.1, -0.05) is 19.3 Å². The van der Waals surface area contributed by atoms with E-state index in [9.17, 15) is 0 Å². The van der Waals surface area contributed by atoms with Gasteiger partial charge in [-0.25, -0.2) is 0 Å². The number of aromatic nitrogens is 1. The summed E-state index contributed by atoms with van der Waals surface area (Å²) >= 11 is 0. The fourth-order valence-corrected chi connectivity index (χ4v) is 3.57. The molecule has 1 aliphatic rings. The number of nitrogens with zero attached hydrogens (tertiary/aromatic N) is 1. The van der Waals surface area contributed by atoms with E-state index >= 15 is 0 Å². The number of methoxy groups -OCH3 is 1. The van der Waals surface area contributed by atoms with Crippen LogP contribution in [0.15, 0.2) is 6.20 Å². The maximum absolute atomic E-state index is 5.99. The number of hydrogen-bond donors (Lipinski definition) is 1. The Morgan fingerprint density at radius 3 is 2.55 bits per heavy atom. The minimum absolute atomic E-state index is 0.658. The van der Waals surface area contributed by atoms with E-state index in [1.165, 1.54) is 43.4 Å². The molecule has 0 spiro atoms. The van der Waals surface area contributed by atoms with E-state index in [0.717, 1.165) is 24.3 Å². The Hall–Kier alpha value is -1.09. The van der Waals surface area contributed by atoms with Crippen LogP contribution in [0.5, 0.6) is 5.75 Å². The van der Waals surface area contributed by atoms with Crippen LogP contribution in [0.25, 0.3) is 0 Å². The van der Waals surface area contributed by atoms with E-state index in [0.29, 0.717) is 11.8 Å². The van der Waals surface area contributed by atoms with Gasteiger partial charge in [0.2, 0.25) is 0 Å². The van der Waals surface area contributed by atoms with Gasteiger partial charge in [0.05, 0.1) is 7.11 Å². The molecule has 2 N–H and O–H groups in total. The summed E-state index contributed by atoms with van der Waals surface area (Å²) in [5.74, 6) is 2.33. The van der Waals surface area contributed by atoms with Gasteiger partial charge in [-0.2, -0.15) is 0 Å². The molecule has 1 heterocycles. The second-order valence-corrected chi connectivity index (χ2v) is 6.14. The zero-order valence-corrected chi connectivity index (χ0v) is 13.1.